The Morgan fingerprint density at radius 3 is 2.73 bits per heavy atom. The van der Waals surface area contributed by atoms with E-state index in [1.165, 1.54) is 0 Å². The van der Waals surface area contributed by atoms with Crippen molar-refractivity contribution in [1.29, 1.82) is 0 Å². The molecule has 0 bridgehead atoms. The van der Waals surface area contributed by atoms with E-state index < -0.39 is 0 Å². The maximum Gasteiger partial charge on any atom is 0.231 e. The lowest BCUT2D eigenvalue weighted by atomic mass is 10.0. The second-order valence-electron chi connectivity index (χ2n) is 8.13. The zero-order valence-electron chi connectivity index (χ0n) is 18.0. The number of phenolic OH excluding ortho intramolecular Hbond substituents is 1. The molecule has 0 aromatic heterocycles. The quantitative estimate of drug-likeness (QED) is 0.474. The molecule has 33 heavy (non-hydrogen) atoms. The number of benzene rings is 3. The van der Waals surface area contributed by atoms with Gasteiger partial charge in [0, 0.05) is 28.7 Å². The molecule has 6 nitrogen and oxygen atoms in total. The Balaban J connectivity index is 1.45. The molecule has 0 amide bonds. The fraction of sp³-hybridized carbons (Fsp3) is 0.192. The highest BCUT2D eigenvalue weighted by Gasteiger charge is 2.32. The molecule has 0 radical (unpaired) electrons. The number of fused-ring (bicyclic) bond motifs is 2. The number of hydrogen-bond donors (Lipinski definition) is 1. The van der Waals surface area contributed by atoms with Gasteiger partial charge in [-0.1, -0.05) is 46.3 Å². The van der Waals surface area contributed by atoms with Gasteiger partial charge in [0.2, 0.25) is 5.78 Å². The zero-order chi connectivity index (χ0) is 22.9. The van der Waals surface area contributed by atoms with E-state index in [9.17, 15) is 9.90 Å². The topological polar surface area (TPSA) is 68.2 Å². The number of carbonyl (C=O) groups excluding carboxylic acids is 1. The van der Waals surface area contributed by atoms with E-state index in [0.29, 0.717) is 42.3 Å². The van der Waals surface area contributed by atoms with Crippen molar-refractivity contribution in [2.45, 2.75) is 19.7 Å². The molecule has 2 aliphatic rings. The number of allylic oxidation sites excluding steroid dienone is 1. The van der Waals surface area contributed by atoms with E-state index in [2.05, 4.69) is 33.0 Å². The number of hydrogen-bond acceptors (Lipinski definition) is 6. The number of carbonyl (C=O) groups is 1. The number of Topliss-reactive ketones (excluding diaryl/α,β-unsaturated/α-hetero) is 1. The highest BCUT2D eigenvalue weighted by Crippen LogP contribution is 2.41. The molecule has 3 aromatic carbocycles. The number of phenols is 1. The summed E-state index contributed by atoms with van der Waals surface area (Å²) in [4.78, 5) is 15.2. The third-order valence-electron chi connectivity index (χ3n) is 5.63. The Hall–Kier alpha value is -3.13. The Kier molecular flexibility index (Phi) is 5.93. The summed E-state index contributed by atoms with van der Waals surface area (Å²) in [6, 6.07) is 17.0. The normalized spacial score (nSPS) is 15.8. The van der Waals surface area contributed by atoms with Crippen molar-refractivity contribution in [1.82, 2.24) is 4.90 Å². The van der Waals surface area contributed by atoms with Gasteiger partial charge < -0.3 is 19.3 Å². The van der Waals surface area contributed by atoms with Gasteiger partial charge in [-0.25, -0.2) is 0 Å². The monoisotopic (exact) mass is 507 g/mol. The first-order chi connectivity index (χ1) is 16.0. The maximum absolute atomic E-state index is 13.1. The maximum atomic E-state index is 13.1. The van der Waals surface area contributed by atoms with Crippen LogP contribution in [0.1, 0.15) is 32.6 Å². The van der Waals surface area contributed by atoms with Crippen LogP contribution in [0.4, 0.5) is 0 Å². The van der Waals surface area contributed by atoms with E-state index in [1.54, 1.807) is 18.2 Å². The Morgan fingerprint density at radius 2 is 1.91 bits per heavy atom. The number of ketones is 1. The number of halogens is 1. The van der Waals surface area contributed by atoms with Crippen molar-refractivity contribution < 1.29 is 24.1 Å². The molecule has 0 saturated carbocycles. The fourth-order valence-corrected chi connectivity index (χ4v) is 4.65. The van der Waals surface area contributed by atoms with Crippen molar-refractivity contribution >= 4 is 27.8 Å². The van der Waals surface area contributed by atoms with Crippen LogP contribution >= 0.6 is 15.9 Å². The SMILES string of the molecule is CN(Cc1ccccc1)Cc1c(O)ccc2c1O/C(=C\c1cc(Br)cc3c1OCOC3)C2=O. The van der Waals surface area contributed by atoms with Crippen LogP contribution in [0.5, 0.6) is 17.2 Å². The number of rotatable bonds is 5. The molecule has 7 heteroatoms. The van der Waals surface area contributed by atoms with Gasteiger partial charge >= 0.3 is 0 Å². The molecule has 0 aliphatic carbocycles. The molecule has 0 unspecified atom stereocenters. The first kappa shape index (κ1) is 21.7. The zero-order valence-corrected chi connectivity index (χ0v) is 19.6. The smallest absolute Gasteiger partial charge is 0.231 e. The second kappa shape index (κ2) is 9.02. The first-order valence-electron chi connectivity index (χ1n) is 10.5. The molecule has 2 aliphatic heterocycles. The van der Waals surface area contributed by atoms with E-state index in [-0.39, 0.29) is 24.1 Å². The van der Waals surface area contributed by atoms with Gasteiger partial charge in [0.05, 0.1) is 17.7 Å². The van der Waals surface area contributed by atoms with Gasteiger partial charge in [0.1, 0.15) is 17.2 Å². The highest BCUT2D eigenvalue weighted by molar-refractivity contribution is 9.10. The van der Waals surface area contributed by atoms with Gasteiger partial charge in [-0.2, -0.15) is 0 Å². The highest BCUT2D eigenvalue weighted by atomic mass is 79.9. The number of aromatic hydroxyl groups is 1. The lowest BCUT2D eigenvalue weighted by Gasteiger charge is -2.20. The fourth-order valence-electron chi connectivity index (χ4n) is 4.13. The average molecular weight is 508 g/mol. The lowest BCUT2D eigenvalue weighted by Crippen LogP contribution is -2.17. The third kappa shape index (κ3) is 4.39. The lowest BCUT2D eigenvalue weighted by molar-refractivity contribution is -0.0165. The van der Waals surface area contributed by atoms with Gasteiger partial charge in [0.25, 0.3) is 0 Å². The molecule has 0 spiro atoms. The third-order valence-corrected chi connectivity index (χ3v) is 6.09. The molecule has 3 aromatic rings. The predicted octanol–water partition coefficient (Wildman–Crippen LogP) is 5.27. The van der Waals surface area contributed by atoms with Crippen LogP contribution < -0.4 is 9.47 Å². The van der Waals surface area contributed by atoms with Crippen LogP contribution in [-0.4, -0.2) is 29.6 Å². The Bertz CT molecular complexity index is 1260. The molecular formula is C26H22BrNO5. The molecule has 168 valence electrons. The van der Waals surface area contributed by atoms with Crippen LogP contribution in [-0.2, 0) is 24.4 Å². The van der Waals surface area contributed by atoms with Gasteiger partial charge in [-0.05, 0) is 43.0 Å². The molecule has 0 saturated heterocycles. The molecule has 5 rings (SSSR count). The average Bonchev–Trinajstić information content (AvgIpc) is 3.12. The van der Waals surface area contributed by atoms with Crippen molar-refractivity contribution in [3.05, 3.63) is 92.6 Å². The minimum Gasteiger partial charge on any atom is -0.507 e. The van der Waals surface area contributed by atoms with E-state index in [4.69, 9.17) is 14.2 Å². The molecule has 0 fully saturated rings. The Labute approximate surface area is 200 Å². The van der Waals surface area contributed by atoms with Crippen LogP contribution in [0, 0.1) is 0 Å². The van der Waals surface area contributed by atoms with Gasteiger partial charge in [0.15, 0.2) is 12.6 Å². The molecular weight excluding hydrogens is 486 g/mol. The van der Waals surface area contributed by atoms with Crippen LogP contribution in [0.15, 0.2) is 64.8 Å². The Morgan fingerprint density at radius 1 is 1.09 bits per heavy atom. The van der Waals surface area contributed by atoms with Crippen molar-refractivity contribution in [3.63, 3.8) is 0 Å². The summed E-state index contributed by atoms with van der Waals surface area (Å²) in [5, 5.41) is 10.6. The van der Waals surface area contributed by atoms with Crippen LogP contribution in [0.3, 0.4) is 0 Å². The van der Waals surface area contributed by atoms with Crippen molar-refractivity contribution in [3.8, 4) is 17.2 Å². The summed E-state index contributed by atoms with van der Waals surface area (Å²) in [5.74, 6) is 1.15. The summed E-state index contributed by atoms with van der Waals surface area (Å²) in [6.07, 6.45) is 1.69. The van der Waals surface area contributed by atoms with Crippen LogP contribution in [0.2, 0.25) is 0 Å². The number of ether oxygens (including phenoxy) is 3. The first-order valence-corrected chi connectivity index (χ1v) is 11.3. The minimum atomic E-state index is -0.224. The summed E-state index contributed by atoms with van der Waals surface area (Å²) in [5.41, 5.74) is 3.81. The summed E-state index contributed by atoms with van der Waals surface area (Å²) in [6.45, 7) is 1.72. The summed E-state index contributed by atoms with van der Waals surface area (Å²) in [7, 11) is 1.96. The number of nitrogens with zero attached hydrogens (tertiary/aromatic N) is 1. The van der Waals surface area contributed by atoms with E-state index in [0.717, 1.165) is 21.2 Å². The largest absolute Gasteiger partial charge is 0.507 e. The van der Waals surface area contributed by atoms with Gasteiger partial charge in [-0.3, -0.25) is 9.69 Å². The van der Waals surface area contributed by atoms with Crippen LogP contribution in [0.25, 0.3) is 6.08 Å². The van der Waals surface area contributed by atoms with E-state index >= 15 is 0 Å². The molecule has 2 heterocycles. The van der Waals surface area contributed by atoms with Gasteiger partial charge in [-0.15, -0.1) is 0 Å². The standard InChI is InChI=1S/C26H22BrNO5/c1-28(12-16-5-3-2-4-6-16)13-21-22(29)8-7-20-24(30)23(33-26(20)21)11-17-9-19(27)10-18-14-31-15-32-25(17)18/h2-11,29H,12-15H2,1H3/b23-11-. The molecule has 0 atom stereocenters. The minimum absolute atomic E-state index is 0.100. The summed E-state index contributed by atoms with van der Waals surface area (Å²) < 4.78 is 17.9. The summed E-state index contributed by atoms with van der Waals surface area (Å²) >= 11 is 3.50. The van der Waals surface area contributed by atoms with E-state index in [1.807, 2.05) is 37.4 Å². The van der Waals surface area contributed by atoms with Crippen molar-refractivity contribution in [2.75, 3.05) is 13.8 Å². The molecule has 1 N–H and O–H groups in total. The predicted molar refractivity (Wildman–Crippen MR) is 127 cm³/mol. The second-order valence-corrected chi connectivity index (χ2v) is 9.05. The van der Waals surface area contributed by atoms with Crippen molar-refractivity contribution in [2.24, 2.45) is 0 Å².